The quantitative estimate of drug-likeness (QED) is 0.542. The van der Waals surface area contributed by atoms with E-state index < -0.39 is 0 Å². The summed E-state index contributed by atoms with van der Waals surface area (Å²) in [4.78, 5) is 0. The maximum atomic E-state index is 8.02. The van der Waals surface area contributed by atoms with Crippen LogP contribution in [0.1, 0.15) is 13.8 Å². The molecule has 3 N–H and O–H groups in total. The highest BCUT2D eigenvalue weighted by Crippen LogP contribution is 2.04. The lowest BCUT2D eigenvalue weighted by Gasteiger charge is -1.91. The zero-order valence-electron chi connectivity index (χ0n) is 7.82. The van der Waals surface area contributed by atoms with E-state index in [-0.39, 0.29) is 12.6 Å². The van der Waals surface area contributed by atoms with E-state index in [2.05, 4.69) is 11.7 Å². The van der Waals surface area contributed by atoms with Crippen molar-refractivity contribution in [2.24, 2.45) is 5.73 Å². The molecule has 0 radical (unpaired) electrons. The van der Waals surface area contributed by atoms with E-state index in [0.29, 0.717) is 6.10 Å². The monoisotopic (exact) mass is 177 g/mol. The van der Waals surface area contributed by atoms with Crippen LogP contribution in [-0.2, 0) is 9.47 Å². The third-order valence-corrected chi connectivity index (χ3v) is 0.992. The number of hydrogen-bond donors (Lipinski definition) is 2. The lowest BCUT2D eigenvalue weighted by Crippen LogP contribution is -2.18. The molecule has 2 fully saturated rings. The highest BCUT2D eigenvalue weighted by Gasteiger charge is 2.13. The van der Waals surface area contributed by atoms with E-state index >= 15 is 0 Å². The van der Waals surface area contributed by atoms with Crippen LogP contribution < -0.4 is 5.73 Å². The summed E-state index contributed by atoms with van der Waals surface area (Å²) in [5.74, 6) is 0. The minimum absolute atomic E-state index is 0.0602. The number of hydrogen-bond acceptors (Lipinski definition) is 4. The molecule has 0 aromatic heterocycles. The second kappa shape index (κ2) is 7.49. The van der Waals surface area contributed by atoms with Crippen molar-refractivity contribution >= 4 is 0 Å². The van der Waals surface area contributed by atoms with E-state index in [1.54, 1.807) is 6.92 Å². The fourth-order valence-electron chi connectivity index (χ4n) is 0.0962. The highest BCUT2D eigenvalue weighted by atomic mass is 16.6. The van der Waals surface area contributed by atoms with Gasteiger partial charge in [0, 0.05) is 6.04 Å². The maximum Gasteiger partial charge on any atom is 0.0781 e. The summed E-state index contributed by atoms with van der Waals surface area (Å²) < 4.78 is 9.21. The first-order chi connectivity index (χ1) is 5.66. The Morgan fingerprint density at radius 2 is 1.83 bits per heavy atom. The van der Waals surface area contributed by atoms with E-state index in [4.69, 9.17) is 15.6 Å². The van der Waals surface area contributed by atoms with Crippen molar-refractivity contribution in [2.45, 2.75) is 26.0 Å². The van der Waals surface area contributed by atoms with Gasteiger partial charge in [-0.3, -0.25) is 0 Å². The Morgan fingerprint density at radius 3 is 1.83 bits per heavy atom. The molecule has 2 aliphatic rings. The van der Waals surface area contributed by atoms with Gasteiger partial charge in [-0.15, -0.1) is 0 Å². The molecule has 2 saturated heterocycles. The summed E-state index contributed by atoms with van der Waals surface area (Å²) in [5, 5.41) is 8.02. The fraction of sp³-hybridized carbons (Fsp3) is 1.00. The van der Waals surface area contributed by atoms with Gasteiger partial charge >= 0.3 is 0 Å². The van der Waals surface area contributed by atoms with Crippen molar-refractivity contribution in [3.8, 4) is 0 Å². The number of aliphatic hydroxyl groups excluding tert-OH is 1. The molecule has 2 aliphatic heterocycles. The van der Waals surface area contributed by atoms with Gasteiger partial charge in [0.05, 0.1) is 32.5 Å². The van der Waals surface area contributed by atoms with E-state index in [1.807, 2.05) is 0 Å². The summed E-state index contributed by atoms with van der Waals surface area (Å²) in [6.07, 6.45) is 0.583. The summed E-state index contributed by atoms with van der Waals surface area (Å²) in [6, 6.07) is -0.0602. The first-order valence-corrected chi connectivity index (χ1v) is 4.22. The van der Waals surface area contributed by atoms with Gasteiger partial charge in [-0.2, -0.15) is 0 Å². The lowest BCUT2D eigenvalue weighted by molar-refractivity contribution is 0.273. The van der Waals surface area contributed by atoms with Gasteiger partial charge in [0.1, 0.15) is 0 Å². The lowest BCUT2D eigenvalue weighted by atomic mass is 10.4. The minimum atomic E-state index is -0.0602. The van der Waals surface area contributed by atoms with Crippen LogP contribution in [0.2, 0.25) is 0 Å². The highest BCUT2D eigenvalue weighted by molar-refractivity contribution is 4.58. The molecule has 0 aliphatic carbocycles. The molecule has 0 aromatic rings. The Bertz CT molecular complexity index is 89.5. The molecule has 0 saturated carbocycles. The normalized spacial score (nSPS) is 25.5. The van der Waals surface area contributed by atoms with Crippen LogP contribution in [0.25, 0.3) is 0 Å². The molecule has 0 spiro atoms. The van der Waals surface area contributed by atoms with Crippen LogP contribution >= 0.6 is 0 Å². The van der Waals surface area contributed by atoms with Crippen molar-refractivity contribution in [1.29, 1.82) is 0 Å². The van der Waals surface area contributed by atoms with Crippen LogP contribution in [0, 0.1) is 0 Å². The zero-order chi connectivity index (χ0) is 9.40. The number of nitrogens with two attached hydrogens (primary N) is 1. The molecule has 2 heterocycles. The van der Waals surface area contributed by atoms with Crippen molar-refractivity contribution in [3.05, 3.63) is 0 Å². The molecule has 2 rings (SSSR count). The molecule has 0 aromatic carbocycles. The first kappa shape index (κ1) is 11.8. The topological polar surface area (TPSA) is 71.3 Å². The van der Waals surface area contributed by atoms with Gasteiger partial charge in [-0.05, 0) is 13.8 Å². The smallest absolute Gasteiger partial charge is 0.0781 e. The Kier molecular flexibility index (Phi) is 7.39. The molecule has 2 atom stereocenters. The minimum Gasteiger partial charge on any atom is -0.395 e. The van der Waals surface area contributed by atoms with E-state index in [0.717, 1.165) is 19.8 Å². The van der Waals surface area contributed by atoms with Crippen LogP contribution in [-0.4, -0.2) is 43.7 Å². The average molecular weight is 177 g/mol. The Labute approximate surface area is 73.7 Å². The van der Waals surface area contributed by atoms with Gasteiger partial charge < -0.3 is 20.3 Å². The fourth-order valence-corrected chi connectivity index (χ4v) is 0.0962. The first-order valence-electron chi connectivity index (χ1n) is 4.22. The molecular weight excluding hydrogens is 158 g/mol. The predicted molar refractivity (Wildman–Crippen MR) is 47.0 cm³/mol. The summed E-state index contributed by atoms with van der Waals surface area (Å²) in [7, 11) is 0. The summed E-state index contributed by atoms with van der Waals surface area (Å²) >= 11 is 0. The van der Waals surface area contributed by atoms with Gasteiger partial charge in [0.15, 0.2) is 0 Å². The molecule has 0 bridgehead atoms. The molecule has 12 heavy (non-hydrogen) atoms. The maximum absolute atomic E-state index is 8.02. The second-order valence-corrected chi connectivity index (χ2v) is 2.92. The third-order valence-electron chi connectivity index (χ3n) is 0.992. The van der Waals surface area contributed by atoms with Crippen molar-refractivity contribution in [3.63, 3.8) is 0 Å². The van der Waals surface area contributed by atoms with E-state index in [9.17, 15) is 0 Å². The Balaban J connectivity index is 0.000000155. The molecule has 4 nitrogen and oxygen atoms in total. The molecule has 4 heteroatoms. The number of ether oxygens (including phenoxy) is 2. The predicted octanol–water partition coefficient (Wildman–Crippen LogP) is -0.252. The third kappa shape index (κ3) is 22.5. The molecule has 2 unspecified atom stereocenters. The zero-order valence-corrected chi connectivity index (χ0v) is 7.82. The summed E-state index contributed by atoms with van der Waals surface area (Å²) in [6.45, 7) is 6.88. The second-order valence-electron chi connectivity index (χ2n) is 2.92. The summed E-state index contributed by atoms with van der Waals surface area (Å²) in [5.41, 5.74) is 5.04. The van der Waals surface area contributed by atoms with Crippen molar-refractivity contribution < 1.29 is 14.6 Å². The van der Waals surface area contributed by atoms with Gasteiger partial charge in [-0.25, -0.2) is 0 Å². The average Bonchev–Trinajstić information content (AvgIpc) is 2.83. The number of epoxide rings is 2. The Hall–Kier alpha value is -0.160. The SMILES string of the molecule is C1CO1.CC(N)CO.CC1CO1. The van der Waals surface area contributed by atoms with Crippen LogP contribution in [0.5, 0.6) is 0 Å². The standard InChI is InChI=1S/C3H9NO.C3H6O.C2H4O/c1-3(4)2-5;1-3-2-4-3;1-2-3-1/h3,5H,2,4H2,1H3;3H,2H2,1H3;1-2H2. The van der Waals surface area contributed by atoms with E-state index in [1.165, 1.54) is 0 Å². The molecular formula is C8H19NO3. The van der Waals surface area contributed by atoms with Gasteiger partial charge in [0.2, 0.25) is 0 Å². The number of rotatable bonds is 1. The van der Waals surface area contributed by atoms with Gasteiger partial charge in [0.25, 0.3) is 0 Å². The van der Waals surface area contributed by atoms with Crippen LogP contribution in [0.3, 0.4) is 0 Å². The molecule has 0 amide bonds. The van der Waals surface area contributed by atoms with Gasteiger partial charge in [-0.1, -0.05) is 0 Å². The van der Waals surface area contributed by atoms with Crippen LogP contribution in [0.15, 0.2) is 0 Å². The number of aliphatic hydroxyl groups is 1. The molecule has 74 valence electrons. The van der Waals surface area contributed by atoms with Crippen LogP contribution in [0.4, 0.5) is 0 Å². The van der Waals surface area contributed by atoms with Crippen molar-refractivity contribution in [1.82, 2.24) is 0 Å². The Morgan fingerprint density at radius 1 is 1.58 bits per heavy atom. The van der Waals surface area contributed by atoms with Crippen molar-refractivity contribution in [2.75, 3.05) is 26.4 Å². The largest absolute Gasteiger partial charge is 0.395 e.